The van der Waals surface area contributed by atoms with Gasteiger partial charge in [-0.3, -0.25) is 0 Å². The smallest absolute Gasteiger partial charge is 0.261 e. The van der Waals surface area contributed by atoms with Gasteiger partial charge < -0.3 is 18.8 Å². The zero-order valence-corrected chi connectivity index (χ0v) is 26.4. The van der Waals surface area contributed by atoms with Crippen LogP contribution in [0, 0.1) is 41.4 Å². The lowest BCUT2D eigenvalue weighted by atomic mass is 9.54. The lowest BCUT2D eigenvalue weighted by Crippen LogP contribution is -2.68. The van der Waals surface area contributed by atoms with Gasteiger partial charge in [0.2, 0.25) is 0 Å². The minimum atomic E-state index is -2.76. The molecule has 5 heteroatoms. The molecule has 0 N–H and O–H groups in total. The Labute approximate surface area is 242 Å². The van der Waals surface area contributed by atoms with Crippen LogP contribution in [0.5, 0.6) is 0 Å². The second kappa shape index (κ2) is 11.0. The molecule has 1 aliphatic heterocycles. The van der Waals surface area contributed by atoms with E-state index in [1.54, 1.807) is 0 Å². The van der Waals surface area contributed by atoms with Crippen molar-refractivity contribution in [3.8, 4) is 0 Å². The molecule has 2 aromatic carbocycles. The van der Waals surface area contributed by atoms with Crippen molar-refractivity contribution >= 4 is 31.3 Å². The van der Waals surface area contributed by atoms with E-state index in [4.69, 9.17) is 9.16 Å². The highest BCUT2D eigenvalue weighted by Gasteiger charge is 2.67. The van der Waals surface area contributed by atoms with Crippen LogP contribution in [0.3, 0.4) is 0 Å². The van der Waals surface area contributed by atoms with Crippen LogP contribution >= 0.6 is 0 Å². The number of aldehydes is 2. The maximum atomic E-state index is 12.5. The van der Waals surface area contributed by atoms with Crippen molar-refractivity contribution in [1.82, 2.24) is 0 Å². The van der Waals surface area contributed by atoms with Crippen molar-refractivity contribution in [1.29, 1.82) is 0 Å². The molecular formula is C35H48O4Si. The van der Waals surface area contributed by atoms with E-state index in [0.29, 0.717) is 5.92 Å². The zero-order chi connectivity index (χ0) is 28.9. The summed E-state index contributed by atoms with van der Waals surface area (Å²) in [6.45, 7) is 15.6. The highest BCUT2D eigenvalue weighted by Crippen LogP contribution is 2.63. The van der Waals surface area contributed by atoms with Crippen molar-refractivity contribution in [2.75, 3.05) is 0 Å². The molecule has 0 aromatic heterocycles. The fraction of sp³-hybridized carbons (Fsp3) is 0.600. The van der Waals surface area contributed by atoms with Crippen LogP contribution in [0.2, 0.25) is 5.04 Å². The summed E-state index contributed by atoms with van der Waals surface area (Å²) in [4.78, 5) is 24.8. The number of benzene rings is 2. The molecule has 40 heavy (non-hydrogen) atoms. The van der Waals surface area contributed by atoms with Crippen molar-refractivity contribution in [2.24, 2.45) is 41.4 Å². The van der Waals surface area contributed by atoms with E-state index >= 15 is 0 Å². The van der Waals surface area contributed by atoms with Crippen LogP contribution in [0.25, 0.3) is 0 Å². The van der Waals surface area contributed by atoms with E-state index in [9.17, 15) is 9.59 Å². The molecule has 4 nitrogen and oxygen atoms in total. The molecule has 2 aliphatic carbocycles. The number of hydrogen-bond donors (Lipinski definition) is 0. The topological polar surface area (TPSA) is 55.9 Å². The van der Waals surface area contributed by atoms with Crippen LogP contribution in [0.4, 0.5) is 0 Å². The van der Waals surface area contributed by atoms with Gasteiger partial charge in [0, 0.05) is 17.9 Å². The maximum Gasteiger partial charge on any atom is 0.261 e. The Morgan fingerprint density at radius 1 is 0.900 bits per heavy atom. The molecule has 3 aliphatic rings. The first-order valence-electron chi connectivity index (χ1n) is 15.3. The van der Waals surface area contributed by atoms with Crippen LogP contribution in [0.1, 0.15) is 67.7 Å². The number of fused-ring (bicyclic) bond motifs is 3. The minimum Gasteiger partial charge on any atom is -0.404 e. The third-order valence-electron chi connectivity index (χ3n) is 10.6. The molecule has 9 atom stereocenters. The molecule has 3 fully saturated rings. The molecule has 1 saturated heterocycles. The fourth-order valence-electron chi connectivity index (χ4n) is 8.65. The highest BCUT2D eigenvalue weighted by molar-refractivity contribution is 6.99. The quantitative estimate of drug-likeness (QED) is 0.213. The van der Waals surface area contributed by atoms with E-state index in [-0.39, 0.29) is 58.4 Å². The van der Waals surface area contributed by atoms with Gasteiger partial charge >= 0.3 is 0 Å². The number of carbonyl (C=O) groups is 2. The Hall–Kier alpha value is -2.08. The first kappa shape index (κ1) is 29.4. The standard InChI is InChI=1S/C35H48O4Si/c1-23(2)31(22-37)30-20-35(7)33(38-35)32-28(24(3)21-36)18-25(19-29(30)32)39-40(34(4,5)6,26-14-10-8-11-15-26)27-16-12-9-13-17-27/h8-17,21-25,28-33H,18-20H2,1-7H3/t24-,25-,28+,29-,30-,31-,32-,33+,35-/m1/s1. The van der Waals surface area contributed by atoms with Crippen molar-refractivity contribution < 1.29 is 18.8 Å². The van der Waals surface area contributed by atoms with Crippen molar-refractivity contribution in [2.45, 2.75) is 90.6 Å². The molecular weight excluding hydrogens is 512 g/mol. The van der Waals surface area contributed by atoms with Gasteiger partial charge in [0.1, 0.15) is 12.6 Å². The van der Waals surface area contributed by atoms with Crippen LogP contribution in [0.15, 0.2) is 60.7 Å². The number of ether oxygens (including phenoxy) is 1. The summed E-state index contributed by atoms with van der Waals surface area (Å²) >= 11 is 0. The number of carbonyl (C=O) groups excluding carboxylic acids is 2. The van der Waals surface area contributed by atoms with E-state index in [1.165, 1.54) is 16.7 Å². The SMILES string of the molecule is CC(C)[C@@H](C=O)[C@@H]1C[C@@]2(C)O[C@H]2[C@H]2[C@@H]1C[C@H](O[Si](c1ccccc1)(c1ccccc1)C(C)(C)C)C[C@H]2[C@H](C)C=O. The van der Waals surface area contributed by atoms with Gasteiger partial charge in [-0.05, 0) is 71.2 Å². The summed E-state index contributed by atoms with van der Waals surface area (Å²) in [7, 11) is -2.76. The Morgan fingerprint density at radius 2 is 1.48 bits per heavy atom. The molecule has 1 heterocycles. The molecule has 2 aromatic rings. The minimum absolute atomic E-state index is 0.00465. The number of epoxide rings is 1. The average Bonchev–Trinajstić information content (AvgIpc) is 3.62. The van der Waals surface area contributed by atoms with Gasteiger partial charge in [-0.15, -0.1) is 0 Å². The number of rotatable bonds is 9. The van der Waals surface area contributed by atoms with Gasteiger partial charge in [0.25, 0.3) is 8.32 Å². The fourth-order valence-corrected chi connectivity index (χ4v) is 13.4. The maximum absolute atomic E-state index is 12.5. The Bertz CT molecular complexity index is 1140. The first-order chi connectivity index (χ1) is 19.0. The van der Waals surface area contributed by atoms with Crippen LogP contribution in [-0.2, 0) is 18.8 Å². The van der Waals surface area contributed by atoms with E-state index in [2.05, 4.69) is 109 Å². The predicted octanol–water partition coefficient (Wildman–Crippen LogP) is 6.06. The molecule has 0 radical (unpaired) electrons. The Balaban J connectivity index is 1.60. The lowest BCUT2D eigenvalue weighted by molar-refractivity contribution is -0.121. The van der Waals surface area contributed by atoms with Gasteiger partial charge in [0.05, 0.1) is 11.7 Å². The zero-order valence-electron chi connectivity index (χ0n) is 25.4. The second-order valence-corrected chi connectivity index (χ2v) is 18.7. The van der Waals surface area contributed by atoms with Crippen LogP contribution < -0.4 is 10.4 Å². The number of hydrogen-bond acceptors (Lipinski definition) is 4. The third-order valence-corrected chi connectivity index (χ3v) is 15.7. The Kier molecular flexibility index (Phi) is 8.06. The summed E-state index contributed by atoms with van der Waals surface area (Å²) in [5.74, 6) is 1.15. The molecule has 5 rings (SSSR count). The lowest BCUT2D eigenvalue weighted by Gasteiger charge is -2.53. The second-order valence-electron chi connectivity index (χ2n) is 14.5. The summed E-state index contributed by atoms with van der Waals surface area (Å²) in [5, 5.41) is 2.44. The van der Waals surface area contributed by atoms with Gasteiger partial charge in [0.15, 0.2) is 0 Å². The average molecular weight is 561 g/mol. The normalized spacial score (nSPS) is 33.4. The van der Waals surface area contributed by atoms with E-state index in [0.717, 1.165) is 25.5 Å². The van der Waals surface area contributed by atoms with Gasteiger partial charge in [-0.25, -0.2) is 0 Å². The molecule has 216 valence electrons. The molecule has 2 saturated carbocycles. The van der Waals surface area contributed by atoms with Crippen molar-refractivity contribution in [3.05, 3.63) is 60.7 Å². The first-order valence-corrected chi connectivity index (χ1v) is 17.2. The molecule has 0 amide bonds. The summed E-state index contributed by atoms with van der Waals surface area (Å²) in [5.41, 5.74) is -0.172. The monoisotopic (exact) mass is 560 g/mol. The van der Waals surface area contributed by atoms with Gasteiger partial charge in [-0.2, -0.15) is 0 Å². The van der Waals surface area contributed by atoms with E-state index in [1.807, 2.05) is 0 Å². The highest BCUT2D eigenvalue weighted by atomic mass is 28.4. The summed E-state index contributed by atoms with van der Waals surface area (Å²) in [6.07, 6.45) is 5.18. The van der Waals surface area contributed by atoms with E-state index < -0.39 is 8.32 Å². The molecule has 0 spiro atoms. The summed E-state index contributed by atoms with van der Waals surface area (Å²) < 4.78 is 14.1. The summed E-state index contributed by atoms with van der Waals surface area (Å²) in [6, 6.07) is 21.6. The molecule has 0 bridgehead atoms. The Morgan fingerprint density at radius 3 is 1.95 bits per heavy atom. The van der Waals surface area contributed by atoms with Gasteiger partial charge in [-0.1, -0.05) is 102 Å². The molecule has 0 unspecified atom stereocenters. The third kappa shape index (κ3) is 4.96. The van der Waals surface area contributed by atoms with Crippen LogP contribution in [-0.4, -0.2) is 38.7 Å². The van der Waals surface area contributed by atoms with Crippen molar-refractivity contribution in [3.63, 3.8) is 0 Å². The largest absolute Gasteiger partial charge is 0.404 e. The predicted molar refractivity (Wildman–Crippen MR) is 163 cm³/mol.